The Morgan fingerprint density at radius 3 is 2.59 bits per heavy atom. The van der Waals surface area contributed by atoms with Gasteiger partial charge in [-0.25, -0.2) is 0 Å². The summed E-state index contributed by atoms with van der Waals surface area (Å²) in [7, 11) is 0. The second kappa shape index (κ2) is 8.81. The molecule has 0 bridgehead atoms. The molecule has 1 saturated carbocycles. The minimum absolute atomic E-state index is 0.159. The molecule has 0 aromatic rings. The summed E-state index contributed by atoms with van der Waals surface area (Å²) in [6, 6.07) is 0.402. The van der Waals surface area contributed by atoms with Crippen LogP contribution in [0.4, 0.5) is 0 Å². The maximum Gasteiger partial charge on any atom is 0.230 e. The number of carbonyl (C=O) groups excluding carboxylic acids is 1. The van der Waals surface area contributed by atoms with Crippen molar-refractivity contribution in [2.45, 2.75) is 63.2 Å². The van der Waals surface area contributed by atoms with Crippen LogP contribution in [0.25, 0.3) is 0 Å². The van der Waals surface area contributed by atoms with E-state index in [1.165, 1.54) is 25.7 Å². The molecular weight excluding hydrogens is 234 g/mol. The third-order valence-electron chi connectivity index (χ3n) is 3.25. The SMILES string of the molecule is CC(CCO)SCC(=O)NC1CCCCCC1. The van der Waals surface area contributed by atoms with E-state index in [0.29, 0.717) is 17.0 Å². The molecule has 1 rings (SSSR count). The minimum Gasteiger partial charge on any atom is -0.396 e. The highest BCUT2D eigenvalue weighted by molar-refractivity contribution is 8.00. The lowest BCUT2D eigenvalue weighted by atomic mass is 10.1. The van der Waals surface area contributed by atoms with Crippen LogP contribution in [0.3, 0.4) is 0 Å². The van der Waals surface area contributed by atoms with E-state index in [4.69, 9.17) is 5.11 Å². The van der Waals surface area contributed by atoms with E-state index in [1.54, 1.807) is 11.8 Å². The smallest absolute Gasteiger partial charge is 0.230 e. The van der Waals surface area contributed by atoms with Crippen LogP contribution < -0.4 is 5.32 Å². The molecule has 1 amide bonds. The molecule has 100 valence electrons. The maximum atomic E-state index is 11.7. The van der Waals surface area contributed by atoms with Crippen molar-refractivity contribution in [3.63, 3.8) is 0 Å². The van der Waals surface area contributed by atoms with Crippen molar-refractivity contribution in [3.8, 4) is 0 Å². The molecule has 0 aliphatic heterocycles. The number of amides is 1. The number of aliphatic hydroxyl groups is 1. The van der Waals surface area contributed by atoms with Gasteiger partial charge in [-0.3, -0.25) is 4.79 Å². The molecular formula is C13H25NO2S. The van der Waals surface area contributed by atoms with Crippen LogP contribution >= 0.6 is 11.8 Å². The van der Waals surface area contributed by atoms with Gasteiger partial charge in [-0.2, -0.15) is 0 Å². The highest BCUT2D eigenvalue weighted by Crippen LogP contribution is 2.18. The Balaban J connectivity index is 2.14. The van der Waals surface area contributed by atoms with E-state index in [1.807, 2.05) is 0 Å². The number of aliphatic hydroxyl groups excluding tert-OH is 1. The molecule has 0 aromatic carbocycles. The molecule has 1 fully saturated rings. The van der Waals surface area contributed by atoms with Gasteiger partial charge in [0.25, 0.3) is 0 Å². The van der Waals surface area contributed by atoms with Gasteiger partial charge in [-0.05, 0) is 19.3 Å². The molecule has 17 heavy (non-hydrogen) atoms. The molecule has 2 N–H and O–H groups in total. The molecule has 3 nitrogen and oxygen atoms in total. The summed E-state index contributed by atoms with van der Waals surface area (Å²) < 4.78 is 0. The number of thioether (sulfide) groups is 1. The van der Waals surface area contributed by atoms with Gasteiger partial charge in [-0.1, -0.05) is 32.6 Å². The first kappa shape index (κ1) is 14.8. The molecule has 0 saturated heterocycles. The average molecular weight is 259 g/mol. The standard InChI is InChI=1S/C13H25NO2S/c1-11(8-9-15)17-10-13(16)14-12-6-4-2-3-5-7-12/h11-12,15H,2-10H2,1H3,(H,14,16). The average Bonchev–Trinajstić information content (AvgIpc) is 2.55. The lowest BCUT2D eigenvalue weighted by Crippen LogP contribution is -2.35. The van der Waals surface area contributed by atoms with Crippen molar-refractivity contribution in [1.82, 2.24) is 5.32 Å². The summed E-state index contributed by atoms with van der Waals surface area (Å²) in [5.74, 6) is 0.684. The van der Waals surface area contributed by atoms with Crippen molar-refractivity contribution in [2.24, 2.45) is 0 Å². The lowest BCUT2D eigenvalue weighted by molar-refractivity contribution is -0.119. The molecule has 0 aromatic heterocycles. The topological polar surface area (TPSA) is 49.3 Å². The zero-order valence-electron chi connectivity index (χ0n) is 10.8. The van der Waals surface area contributed by atoms with Crippen LogP contribution in [0, 0.1) is 0 Å². The van der Waals surface area contributed by atoms with E-state index in [-0.39, 0.29) is 12.5 Å². The molecule has 1 atom stereocenters. The highest BCUT2D eigenvalue weighted by atomic mass is 32.2. The Bertz CT molecular complexity index is 215. The van der Waals surface area contributed by atoms with Crippen LogP contribution in [0.15, 0.2) is 0 Å². The number of hydrogen-bond acceptors (Lipinski definition) is 3. The highest BCUT2D eigenvalue weighted by Gasteiger charge is 2.15. The third kappa shape index (κ3) is 6.94. The second-order valence-electron chi connectivity index (χ2n) is 4.89. The Morgan fingerprint density at radius 2 is 2.00 bits per heavy atom. The van der Waals surface area contributed by atoms with Crippen molar-refractivity contribution in [1.29, 1.82) is 0 Å². The predicted molar refractivity (Wildman–Crippen MR) is 73.3 cm³/mol. The van der Waals surface area contributed by atoms with Gasteiger partial charge < -0.3 is 10.4 Å². The van der Waals surface area contributed by atoms with E-state index in [0.717, 1.165) is 19.3 Å². The molecule has 0 spiro atoms. The van der Waals surface area contributed by atoms with Gasteiger partial charge in [0.15, 0.2) is 0 Å². The van der Waals surface area contributed by atoms with Crippen LogP contribution in [0.5, 0.6) is 0 Å². The maximum absolute atomic E-state index is 11.7. The summed E-state index contributed by atoms with van der Waals surface area (Å²) in [5, 5.41) is 12.3. The quantitative estimate of drug-likeness (QED) is 0.720. The monoisotopic (exact) mass is 259 g/mol. The van der Waals surface area contributed by atoms with Crippen LogP contribution in [0.2, 0.25) is 0 Å². The Hall–Kier alpha value is -0.220. The first-order chi connectivity index (χ1) is 8.22. The molecule has 0 heterocycles. The van der Waals surface area contributed by atoms with Crippen LogP contribution in [-0.2, 0) is 4.79 Å². The van der Waals surface area contributed by atoms with Crippen molar-refractivity contribution >= 4 is 17.7 Å². The molecule has 4 heteroatoms. The normalized spacial score (nSPS) is 19.6. The fourth-order valence-corrected chi connectivity index (χ4v) is 2.97. The summed E-state index contributed by atoms with van der Waals surface area (Å²) in [4.78, 5) is 11.7. The largest absolute Gasteiger partial charge is 0.396 e. The van der Waals surface area contributed by atoms with E-state index < -0.39 is 0 Å². The Morgan fingerprint density at radius 1 is 1.35 bits per heavy atom. The van der Waals surface area contributed by atoms with E-state index in [2.05, 4.69) is 12.2 Å². The fourth-order valence-electron chi connectivity index (χ4n) is 2.18. The van der Waals surface area contributed by atoms with Gasteiger partial charge in [0, 0.05) is 17.9 Å². The second-order valence-corrected chi connectivity index (χ2v) is 6.32. The molecule has 0 radical (unpaired) electrons. The van der Waals surface area contributed by atoms with Gasteiger partial charge in [0.05, 0.1) is 5.75 Å². The number of nitrogens with one attached hydrogen (secondary N) is 1. The van der Waals surface area contributed by atoms with Crippen LogP contribution in [-0.4, -0.2) is 34.7 Å². The van der Waals surface area contributed by atoms with E-state index in [9.17, 15) is 4.79 Å². The van der Waals surface area contributed by atoms with Gasteiger partial charge >= 0.3 is 0 Å². The Kier molecular flexibility index (Phi) is 7.69. The van der Waals surface area contributed by atoms with Crippen molar-refractivity contribution < 1.29 is 9.90 Å². The van der Waals surface area contributed by atoms with Gasteiger partial charge in [0.1, 0.15) is 0 Å². The first-order valence-electron chi connectivity index (χ1n) is 6.74. The minimum atomic E-state index is 0.159. The van der Waals surface area contributed by atoms with Gasteiger partial charge in [0.2, 0.25) is 5.91 Å². The van der Waals surface area contributed by atoms with E-state index >= 15 is 0 Å². The summed E-state index contributed by atoms with van der Waals surface area (Å²) in [6.45, 7) is 2.26. The zero-order chi connectivity index (χ0) is 12.5. The Labute approximate surface area is 109 Å². The third-order valence-corrected chi connectivity index (χ3v) is 4.49. The van der Waals surface area contributed by atoms with Crippen molar-refractivity contribution in [3.05, 3.63) is 0 Å². The number of carbonyl (C=O) groups is 1. The van der Waals surface area contributed by atoms with Gasteiger partial charge in [-0.15, -0.1) is 11.8 Å². The first-order valence-corrected chi connectivity index (χ1v) is 7.79. The van der Waals surface area contributed by atoms with Crippen LogP contribution in [0.1, 0.15) is 51.9 Å². The molecule has 1 unspecified atom stereocenters. The predicted octanol–water partition coefficient (Wildman–Crippen LogP) is 2.33. The summed E-state index contributed by atoms with van der Waals surface area (Å²) in [5.41, 5.74) is 0. The summed E-state index contributed by atoms with van der Waals surface area (Å²) >= 11 is 1.63. The van der Waals surface area contributed by atoms with Crippen molar-refractivity contribution in [2.75, 3.05) is 12.4 Å². The molecule has 1 aliphatic rings. The molecule has 1 aliphatic carbocycles. The summed E-state index contributed by atoms with van der Waals surface area (Å²) in [6.07, 6.45) is 8.17. The number of hydrogen-bond donors (Lipinski definition) is 2. The number of rotatable bonds is 6. The zero-order valence-corrected chi connectivity index (χ0v) is 11.6. The fraction of sp³-hybridized carbons (Fsp3) is 0.923. The lowest BCUT2D eigenvalue weighted by Gasteiger charge is -2.17.